The van der Waals surface area contributed by atoms with E-state index in [4.69, 9.17) is 0 Å². The number of likely N-dealkylation sites (N-methyl/N-ethyl adjacent to an activating group) is 2. The Morgan fingerprint density at radius 1 is 0.517 bits per heavy atom. The number of amides is 4. The van der Waals surface area contributed by atoms with Gasteiger partial charge < -0.3 is 0 Å². The first-order chi connectivity index (χ1) is 13.9. The van der Waals surface area contributed by atoms with Gasteiger partial charge in [0, 0.05) is 38.4 Å². The summed E-state index contributed by atoms with van der Waals surface area (Å²) in [5.41, 5.74) is 2.74. The van der Waals surface area contributed by atoms with Crippen molar-refractivity contribution < 1.29 is 19.2 Å². The van der Waals surface area contributed by atoms with Gasteiger partial charge >= 0.3 is 0 Å². The lowest BCUT2D eigenvalue weighted by molar-refractivity contribution is -0.136. The third-order valence-corrected chi connectivity index (χ3v) is 4.15. The van der Waals surface area contributed by atoms with Gasteiger partial charge in [-0.05, 0) is 17.5 Å². The molecule has 148 valence electrons. The van der Waals surface area contributed by atoms with Crippen LogP contribution in [-0.2, 0) is 25.6 Å². The highest BCUT2D eigenvalue weighted by Gasteiger charge is 2.17. The highest BCUT2D eigenvalue weighted by molar-refractivity contribution is 6.13. The molecule has 0 spiro atoms. The topological polar surface area (TPSA) is 74.8 Å². The Hall–Kier alpha value is -3.80. The molecule has 2 aromatic carbocycles. The minimum atomic E-state index is -0.241. The van der Waals surface area contributed by atoms with Gasteiger partial charge in [-0.1, -0.05) is 60.7 Å². The summed E-state index contributed by atoms with van der Waals surface area (Å²) in [6, 6.07) is 21.1. The molecule has 2 heterocycles. The zero-order chi connectivity index (χ0) is 21.2. The predicted molar refractivity (Wildman–Crippen MR) is 110 cm³/mol. The molecule has 0 unspecified atom stereocenters. The SMILES string of the molecule is CN1C(=O)C=CC1=O.CN1C(=O)C=CC1=O.c1ccc(Cc2ccccc2)cc1. The smallest absolute Gasteiger partial charge is 0.253 e. The van der Waals surface area contributed by atoms with Gasteiger partial charge in [-0.3, -0.25) is 29.0 Å². The second-order valence-electron chi connectivity index (χ2n) is 6.29. The number of carbonyl (C=O) groups excluding carboxylic acids is 4. The fourth-order valence-corrected chi connectivity index (χ4v) is 2.38. The lowest BCUT2D eigenvalue weighted by Gasteiger charge is -2.01. The largest absolute Gasteiger partial charge is 0.279 e. The number of imide groups is 2. The van der Waals surface area contributed by atoms with E-state index in [1.165, 1.54) is 49.5 Å². The van der Waals surface area contributed by atoms with Crippen LogP contribution in [0.3, 0.4) is 0 Å². The molecule has 2 aromatic rings. The molecule has 6 nitrogen and oxygen atoms in total. The maximum absolute atomic E-state index is 10.4. The van der Waals surface area contributed by atoms with Gasteiger partial charge in [0.05, 0.1) is 0 Å². The van der Waals surface area contributed by atoms with Crippen molar-refractivity contribution in [3.63, 3.8) is 0 Å². The van der Waals surface area contributed by atoms with Crippen molar-refractivity contribution in [3.8, 4) is 0 Å². The lowest BCUT2D eigenvalue weighted by Crippen LogP contribution is -2.24. The van der Waals surface area contributed by atoms with Crippen LogP contribution >= 0.6 is 0 Å². The molecule has 0 saturated heterocycles. The molecular formula is C23H22N2O4. The maximum atomic E-state index is 10.4. The van der Waals surface area contributed by atoms with E-state index in [2.05, 4.69) is 60.7 Å². The Balaban J connectivity index is 0.000000164. The van der Waals surface area contributed by atoms with Crippen molar-refractivity contribution in [2.75, 3.05) is 14.1 Å². The Bertz CT molecular complexity index is 820. The van der Waals surface area contributed by atoms with Gasteiger partial charge in [0.1, 0.15) is 0 Å². The lowest BCUT2D eigenvalue weighted by atomic mass is 10.1. The summed E-state index contributed by atoms with van der Waals surface area (Å²) in [6.45, 7) is 0. The molecule has 29 heavy (non-hydrogen) atoms. The summed E-state index contributed by atoms with van der Waals surface area (Å²) in [5.74, 6) is -0.963. The van der Waals surface area contributed by atoms with Gasteiger partial charge in [0.15, 0.2) is 0 Å². The molecule has 0 radical (unpaired) electrons. The zero-order valence-electron chi connectivity index (χ0n) is 16.3. The third-order valence-electron chi connectivity index (χ3n) is 4.15. The number of carbonyl (C=O) groups is 4. The standard InChI is InChI=1S/C13H12.2C5H5NO2/c1-3-7-12(8-4-1)11-13-9-5-2-6-10-13;2*1-6-4(7)2-3-5(6)8/h1-10H,11H2;2*2-3H,1H3. The quantitative estimate of drug-likeness (QED) is 0.738. The van der Waals surface area contributed by atoms with Crippen LogP contribution in [0.2, 0.25) is 0 Å². The van der Waals surface area contributed by atoms with E-state index < -0.39 is 0 Å². The Kier molecular flexibility index (Phi) is 7.79. The minimum Gasteiger partial charge on any atom is -0.279 e. The van der Waals surface area contributed by atoms with Crippen LogP contribution in [0.1, 0.15) is 11.1 Å². The molecule has 6 heteroatoms. The van der Waals surface area contributed by atoms with Crippen LogP contribution < -0.4 is 0 Å². The van der Waals surface area contributed by atoms with E-state index in [0.29, 0.717) is 0 Å². The number of rotatable bonds is 2. The first-order valence-electron chi connectivity index (χ1n) is 8.96. The third kappa shape index (κ3) is 6.70. The van der Waals surface area contributed by atoms with Crippen molar-refractivity contribution in [3.05, 3.63) is 96.1 Å². The molecule has 0 fully saturated rings. The van der Waals surface area contributed by atoms with Crippen molar-refractivity contribution in [2.45, 2.75) is 6.42 Å². The van der Waals surface area contributed by atoms with E-state index in [0.717, 1.165) is 16.2 Å². The highest BCUT2D eigenvalue weighted by atomic mass is 16.2. The average Bonchev–Trinajstić information content (AvgIpc) is 3.20. The molecule has 0 aromatic heterocycles. The molecule has 2 aliphatic heterocycles. The van der Waals surface area contributed by atoms with Crippen LogP contribution in [0, 0.1) is 0 Å². The van der Waals surface area contributed by atoms with E-state index in [1.807, 2.05) is 0 Å². The summed E-state index contributed by atoms with van der Waals surface area (Å²) in [4.78, 5) is 43.7. The first-order valence-corrected chi connectivity index (χ1v) is 8.96. The minimum absolute atomic E-state index is 0.241. The van der Waals surface area contributed by atoms with Crippen LogP contribution in [0.5, 0.6) is 0 Å². The molecule has 4 rings (SSSR count). The normalized spacial score (nSPS) is 14.6. The van der Waals surface area contributed by atoms with Crippen molar-refractivity contribution in [1.29, 1.82) is 0 Å². The summed E-state index contributed by atoms with van der Waals surface area (Å²) < 4.78 is 0. The zero-order valence-corrected chi connectivity index (χ0v) is 16.3. The Morgan fingerprint density at radius 3 is 1.00 bits per heavy atom. The van der Waals surface area contributed by atoms with Crippen LogP contribution in [0.25, 0.3) is 0 Å². The number of benzene rings is 2. The van der Waals surface area contributed by atoms with Gasteiger partial charge in [0.25, 0.3) is 23.6 Å². The molecule has 0 bridgehead atoms. The van der Waals surface area contributed by atoms with E-state index in [-0.39, 0.29) is 23.6 Å². The summed E-state index contributed by atoms with van der Waals surface area (Å²) in [5, 5.41) is 0. The van der Waals surface area contributed by atoms with Crippen LogP contribution in [0.15, 0.2) is 85.0 Å². The Morgan fingerprint density at radius 2 is 0.793 bits per heavy atom. The second-order valence-corrected chi connectivity index (χ2v) is 6.29. The van der Waals surface area contributed by atoms with Crippen molar-refractivity contribution in [1.82, 2.24) is 9.80 Å². The van der Waals surface area contributed by atoms with Gasteiger partial charge in [0.2, 0.25) is 0 Å². The van der Waals surface area contributed by atoms with Crippen LogP contribution in [-0.4, -0.2) is 47.5 Å². The number of hydrogen-bond acceptors (Lipinski definition) is 4. The number of hydrogen-bond donors (Lipinski definition) is 0. The molecule has 0 atom stereocenters. The average molecular weight is 390 g/mol. The molecule has 0 N–H and O–H groups in total. The van der Waals surface area contributed by atoms with Gasteiger partial charge in [-0.25, -0.2) is 0 Å². The van der Waals surface area contributed by atoms with E-state index in [9.17, 15) is 19.2 Å². The van der Waals surface area contributed by atoms with E-state index in [1.54, 1.807) is 0 Å². The maximum Gasteiger partial charge on any atom is 0.253 e. The van der Waals surface area contributed by atoms with Gasteiger partial charge in [-0.2, -0.15) is 0 Å². The fourth-order valence-electron chi connectivity index (χ4n) is 2.38. The number of nitrogens with zero attached hydrogens (tertiary/aromatic N) is 2. The molecule has 0 saturated carbocycles. The summed E-state index contributed by atoms with van der Waals surface area (Å²) in [7, 11) is 2.90. The molecular weight excluding hydrogens is 368 g/mol. The molecule has 4 amide bonds. The highest BCUT2D eigenvalue weighted by Crippen LogP contribution is 2.07. The Labute approximate surface area is 169 Å². The fraction of sp³-hybridized carbons (Fsp3) is 0.130. The summed E-state index contributed by atoms with van der Waals surface area (Å²) in [6.07, 6.45) is 6.04. The monoisotopic (exact) mass is 390 g/mol. The van der Waals surface area contributed by atoms with E-state index >= 15 is 0 Å². The molecule has 0 aliphatic carbocycles. The predicted octanol–water partition coefficient (Wildman–Crippen LogP) is 2.36. The second kappa shape index (κ2) is 10.5. The van der Waals surface area contributed by atoms with Crippen molar-refractivity contribution >= 4 is 23.6 Å². The van der Waals surface area contributed by atoms with Crippen LogP contribution in [0.4, 0.5) is 0 Å². The first kappa shape index (κ1) is 21.5. The summed E-state index contributed by atoms with van der Waals surface area (Å²) >= 11 is 0. The van der Waals surface area contributed by atoms with Gasteiger partial charge in [-0.15, -0.1) is 0 Å². The molecule has 2 aliphatic rings. The van der Waals surface area contributed by atoms with Crippen molar-refractivity contribution in [2.24, 2.45) is 0 Å².